The number of carbonyl (C=O) groups is 1. The lowest BCUT2D eigenvalue weighted by atomic mass is 10.2. The molecule has 0 bridgehead atoms. The molecular formula is C26H29NO6. The van der Waals surface area contributed by atoms with E-state index in [-0.39, 0.29) is 13.2 Å². The molecule has 0 aliphatic carbocycles. The van der Waals surface area contributed by atoms with Crippen LogP contribution < -0.4 is 19.5 Å². The topological polar surface area (TPSA) is 97.3 Å². The zero-order chi connectivity index (χ0) is 23.5. The van der Waals surface area contributed by atoms with Crippen molar-refractivity contribution in [3.8, 4) is 17.2 Å². The molecular weight excluding hydrogens is 422 g/mol. The molecule has 0 aliphatic rings. The predicted molar refractivity (Wildman–Crippen MR) is 125 cm³/mol. The van der Waals surface area contributed by atoms with E-state index < -0.39 is 18.1 Å². The zero-order valence-electron chi connectivity index (χ0n) is 18.5. The van der Waals surface area contributed by atoms with Crippen molar-refractivity contribution in [1.82, 2.24) is 5.32 Å². The fourth-order valence-electron chi connectivity index (χ4n) is 2.93. The molecule has 7 heteroatoms. The van der Waals surface area contributed by atoms with Gasteiger partial charge in [-0.3, -0.25) is 4.79 Å². The van der Waals surface area contributed by atoms with Crippen molar-refractivity contribution >= 4 is 5.97 Å². The molecule has 0 fully saturated rings. The van der Waals surface area contributed by atoms with E-state index in [2.05, 4.69) is 5.32 Å². The molecule has 3 aromatic carbocycles. The van der Waals surface area contributed by atoms with Gasteiger partial charge >= 0.3 is 5.97 Å². The van der Waals surface area contributed by atoms with Gasteiger partial charge in [-0.2, -0.15) is 0 Å². The van der Waals surface area contributed by atoms with Crippen molar-refractivity contribution in [3.05, 3.63) is 90.0 Å². The summed E-state index contributed by atoms with van der Waals surface area (Å²) in [5.41, 5.74) is 2.06. The van der Waals surface area contributed by atoms with E-state index in [1.807, 2.05) is 60.7 Å². The quantitative estimate of drug-likeness (QED) is 0.365. The number of hydrogen-bond donors (Lipinski definition) is 3. The molecule has 0 spiro atoms. The number of nitrogens with one attached hydrogen (secondary N) is 1. The molecule has 174 valence electrons. The Morgan fingerprint density at radius 2 is 1.42 bits per heavy atom. The van der Waals surface area contributed by atoms with Gasteiger partial charge in [0.05, 0.1) is 0 Å². The number of carboxylic acid groups (broad SMARTS) is 1. The highest BCUT2D eigenvalue weighted by Crippen LogP contribution is 2.33. The monoisotopic (exact) mass is 451 g/mol. The first-order chi connectivity index (χ1) is 16.0. The summed E-state index contributed by atoms with van der Waals surface area (Å²) < 4.78 is 17.7. The summed E-state index contributed by atoms with van der Waals surface area (Å²) in [4.78, 5) is 10.9. The smallest absolute Gasteiger partial charge is 0.320 e. The number of aliphatic hydroxyl groups excluding tert-OH is 1. The molecule has 3 N–H and O–H groups in total. The van der Waals surface area contributed by atoms with E-state index >= 15 is 0 Å². The van der Waals surface area contributed by atoms with Crippen molar-refractivity contribution in [2.75, 3.05) is 13.2 Å². The van der Waals surface area contributed by atoms with Gasteiger partial charge in [0.1, 0.15) is 37.7 Å². The Labute approximate surface area is 193 Å². The van der Waals surface area contributed by atoms with E-state index in [0.29, 0.717) is 30.5 Å². The van der Waals surface area contributed by atoms with Gasteiger partial charge in [0.2, 0.25) is 0 Å². The average Bonchev–Trinajstić information content (AvgIpc) is 2.85. The molecule has 0 aromatic heterocycles. The second kappa shape index (κ2) is 12.5. The van der Waals surface area contributed by atoms with E-state index in [1.165, 1.54) is 6.92 Å². The van der Waals surface area contributed by atoms with Crippen LogP contribution in [-0.2, 0) is 18.0 Å². The van der Waals surface area contributed by atoms with Crippen LogP contribution in [0.5, 0.6) is 17.2 Å². The Kier molecular flexibility index (Phi) is 9.11. The molecule has 0 radical (unpaired) electrons. The minimum atomic E-state index is -0.977. The van der Waals surface area contributed by atoms with Crippen LogP contribution >= 0.6 is 0 Å². The zero-order valence-corrected chi connectivity index (χ0v) is 18.5. The van der Waals surface area contributed by atoms with Gasteiger partial charge in [0.15, 0.2) is 11.5 Å². The largest absolute Gasteiger partial charge is 0.491 e. The summed E-state index contributed by atoms with van der Waals surface area (Å²) >= 11 is 0. The third-order valence-electron chi connectivity index (χ3n) is 4.86. The lowest BCUT2D eigenvalue weighted by molar-refractivity contribution is -0.139. The molecule has 0 amide bonds. The van der Waals surface area contributed by atoms with E-state index in [9.17, 15) is 9.90 Å². The fourth-order valence-corrected chi connectivity index (χ4v) is 2.93. The van der Waals surface area contributed by atoms with Crippen molar-refractivity contribution in [2.24, 2.45) is 0 Å². The number of hydrogen-bond acceptors (Lipinski definition) is 6. The van der Waals surface area contributed by atoms with Gasteiger partial charge in [-0.1, -0.05) is 60.7 Å². The molecule has 0 aliphatic heterocycles. The number of aliphatic carboxylic acids is 1. The van der Waals surface area contributed by atoms with Crippen LogP contribution in [0, 0.1) is 0 Å². The second-order valence-electron chi connectivity index (χ2n) is 7.59. The maximum absolute atomic E-state index is 10.9. The number of rotatable bonds is 13. The summed E-state index contributed by atoms with van der Waals surface area (Å²) in [5.74, 6) is 0.643. The van der Waals surface area contributed by atoms with E-state index in [1.54, 1.807) is 18.2 Å². The highest BCUT2D eigenvalue weighted by Gasteiger charge is 2.14. The number of aliphatic hydroxyl groups is 1. The molecule has 33 heavy (non-hydrogen) atoms. The summed E-state index contributed by atoms with van der Waals surface area (Å²) in [7, 11) is 0. The first-order valence-electron chi connectivity index (χ1n) is 10.8. The number of carboxylic acids is 1. The van der Waals surface area contributed by atoms with Crippen molar-refractivity contribution in [1.29, 1.82) is 0 Å². The van der Waals surface area contributed by atoms with Crippen LogP contribution in [0.3, 0.4) is 0 Å². The summed E-state index contributed by atoms with van der Waals surface area (Å²) in [5, 5.41) is 21.7. The van der Waals surface area contributed by atoms with Crippen LogP contribution in [0.4, 0.5) is 0 Å². The number of ether oxygens (including phenoxy) is 3. The first kappa shape index (κ1) is 24.1. The van der Waals surface area contributed by atoms with Gasteiger partial charge in [0, 0.05) is 12.6 Å². The maximum Gasteiger partial charge on any atom is 0.320 e. The Morgan fingerprint density at radius 1 is 0.848 bits per heavy atom. The number of benzene rings is 3. The molecule has 3 rings (SSSR count). The second-order valence-corrected chi connectivity index (χ2v) is 7.59. The van der Waals surface area contributed by atoms with Crippen molar-refractivity contribution < 1.29 is 29.2 Å². The summed E-state index contributed by atoms with van der Waals surface area (Å²) in [6.45, 7) is 2.38. The van der Waals surface area contributed by atoms with E-state index in [4.69, 9.17) is 19.3 Å². The molecule has 2 atom stereocenters. The van der Waals surface area contributed by atoms with Gasteiger partial charge in [-0.25, -0.2) is 0 Å². The fraction of sp³-hybridized carbons (Fsp3) is 0.269. The van der Waals surface area contributed by atoms with Crippen molar-refractivity contribution in [2.45, 2.75) is 32.3 Å². The van der Waals surface area contributed by atoms with E-state index in [0.717, 1.165) is 11.1 Å². The van der Waals surface area contributed by atoms with Crippen LogP contribution in [0.1, 0.15) is 18.1 Å². The Bertz CT molecular complexity index is 996. The Morgan fingerprint density at radius 3 is 2.00 bits per heavy atom. The third-order valence-corrected chi connectivity index (χ3v) is 4.86. The molecule has 2 unspecified atom stereocenters. The van der Waals surface area contributed by atoms with Crippen LogP contribution in [-0.4, -0.2) is 41.5 Å². The minimum Gasteiger partial charge on any atom is -0.491 e. The predicted octanol–water partition coefficient (Wildman–Crippen LogP) is 3.65. The lowest BCUT2D eigenvalue weighted by Crippen LogP contribution is -2.40. The van der Waals surface area contributed by atoms with Gasteiger partial charge < -0.3 is 29.7 Å². The highest BCUT2D eigenvalue weighted by atomic mass is 16.5. The van der Waals surface area contributed by atoms with Gasteiger partial charge in [-0.15, -0.1) is 0 Å². The summed E-state index contributed by atoms with van der Waals surface area (Å²) in [6.07, 6.45) is -0.866. The van der Waals surface area contributed by atoms with Crippen LogP contribution in [0.25, 0.3) is 0 Å². The van der Waals surface area contributed by atoms with Gasteiger partial charge in [-0.05, 0) is 30.2 Å². The standard InChI is InChI=1S/C26H29NO6/c1-19(26(29)30)27-15-22(28)18-31-23-12-13-24(32-16-20-8-4-2-5-9-20)25(14-23)33-17-21-10-6-3-7-11-21/h2-14,19,22,27-28H,15-18H2,1H3,(H,29,30). The Balaban J connectivity index is 1.63. The molecule has 3 aromatic rings. The third kappa shape index (κ3) is 8.14. The van der Waals surface area contributed by atoms with Gasteiger partial charge in [0.25, 0.3) is 0 Å². The Hall–Kier alpha value is -3.55. The molecule has 0 saturated heterocycles. The average molecular weight is 452 g/mol. The molecule has 0 saturated carbocycles. The SMILES string of the molecule is CC(NCC(O)COc1ccc(OCc2ccccc2)c(OCc2ccccc2)c1)C(=O)O. The molecule has 0 heterocycles. The van der Waals surface area contributed by atoms with Crippen LogP contribution in [0.2, 0.25) is 0 Å². The van der Waals surface area contributed by atoms with Crippen LogP contribution in [0.15, 0.2) is 78.9 Å². The first-order valence-corrected chi connectivity index (χ1v) is 10.8. The van der Waals surface area contributed by atoms with Crippen molar-refractivity contribution in [3.63, 3.8) is 0 Å². The lowest BCUT2D eigenvalue weighted by Gasteiger charge is -2.17. The molecule has 7 nitrogen and oxygen atoms in total. The summed E-state index contributed by atoms with van der Waals surface area (Å²) in [6, 6.07) is 24.1. The highest BCUT2D eigenvalue weighted by molar-refractivity contribution is 5.72. The minimum absolute atomic E-state index is 0.00167. The normalized spacial score (nSPS) is 12.5. The maximum atomic E-state index is 10.9.